The Labute approximate surface area is 189 Å². The van der Waals surface area contributed by atoms with E-state index in [0.29, 0.717) is 36.2 Å². The normalized spacial score (nSPS) is 17.6. The second kappa shape index (κ2) is 9.94. The number of anilines is 1. The minimum Gasteiger partial charge on any atom is -0.373 e. The number of likely N-dealkylation sites (N-methyl/N-ethyl adjacent to an activating group) is 1. The van der Waals surface area contributed by atoms with Crippen LogP contribution in [-0.2, 0) is 17.6 Å². The molecule has 0 unspecified atom stereocenters. The van der Waals surface area contributed by atoms with Crippen LogP contribution in [0.1, 0.15) is 39.5 Å². The molecule has 0 radical (unpaired) electrons. The molecule has 2 aromatic rings. The van der Waals surface area contributed by atoms with Crippen LogP contribution in [-0.4, -0.2) is 55.2 Å². The predicted molar refractivity (Wildman–Crippen MR) is 123 cm³/mol. The van der Waals surface area contributed by atoms with Gasteiger partial charge in [-0.1, -0.05) is 6.07 Å². The van der Waals surface area contributed by atoms with Crippen LogP contribution in [0.2, 0.25) is 0 Å². The molecule has 2 amide bonds. The zero-order valence-electron chi connectivity index (χ0n) is 19.1. The van der Waals surface area contributed by atoms with E-state index in [4.69, 9.17) is 0 Å². The SMILES string of the molecule is CC(=O)N1c2ccc(C(=O)NCCN(C)C)cc2C[C@@H](Cc2cc(C#N)ccc2C)[C@@H]1O. The third kappa shape index (κ3) is 5.16. The first-order valence-corrected chi connectivity index (χ1v) is 10.7. The number of aliphatic hydroxyl groups is 1. The molecule has 168 valence electrons. The molecule has 32 heavy (non-hydrogen) atoms. The van der Waals surface area contributed by atoms with Crippen LogP contribution in [0, 0.1) is 24.2 Å². The van der Waals surface area contributed by atoms with Crippen LogP contribution in [0.25, 0.3) is 0 Å². The van der Waals surface area contributed by atoms with Crippen molar-refractivity contribution < 1.29 is 14.7 Å². The molecule has 1 aliphatic heterocycles. The number of fused-ring (bicyclic) bond motifs is 1. The average molecular weight is 435 g/mol. The van der Waals surface area contributed by atoms with Crippen LogP contribution in [0.15, 0.2) is 36.4 Å². The molecule has 0 saturated heterocycles. The number of aryl methyl sites for hydroxylation is 1. The lowest BCUT2D eigenvalue weighted by Gasteiger charge is -2.39. The van der Waals surface area contributed by atoms with Crippen molar-refractivity contribution in [1.82, 2.24) is 10.2 Å². The Morgan fingerprint density at radius 2 is 2.00 bits per heavy atom. The monoisotopic (exact) mass is 434 g/mol. The van der Waals surface area contributed by atoms with E-state index in [1.807, 2.05) is 44.1 Å². The standard InChI is InChI=1S/C25H30N4O3/c1-16-5-6-18(15-26)11-20(16)13-22-14-21-12-19(24(31)27-9-10-28(3)4)7-8-23(21)29(17(2)30)25(22)32/h5-8,11-12,22,25,32H,9-10,13-14H2,1-4H3,(H,27,31)/t22-,25+/m1/s1. The second-order valence-corrected chi connectivity index (χ2v) is 8.63. The van der Waals surface area contributed by atoms with Crippen LogP contribution < -0.4 is 10.2 Å². The van der Waals surface area contributed by atoms with Crippen molar-refractivity contribution in [2.24, 2.45) is 5.92 Å². The molecule has 2 atom stereocenters. The fraction of sp³-hybridized carbons (Fsp3) is 0.400. The van der Waals surface area contributed by atoms with Gasteiger partial charge in [-0.15, -0.1) is 0 Å². The number of hydrogen-bond acceptors (Lipinski definition) is 5. The molecule has 0 spiro atoms. The number of nitriles is 1. The van der Waals surface area contributed by atoms with Gasteiger partial charge in [-0.05, 0) is 80.9 Å². The maximum absolute atomic E-state index is 12.6. The molecule has 0 aromatic heterocycles. The Kier molecular flexibility index (Phi) is 7.29. The van der Waals surface area contributed by atoms with E-state index in [1.165, 1.54) is 11.8 Å². The summed E-state index contributed by atoms with van der Waals surface area (Å²) in [6, 6.07) is 12.9. The van der Waals surface area contributed by atoms with Crippen LogP contribution >= 0.6 is 0 Å². The molecular weight excluding hydrogens is 404 g/mol. The minimum absolute atomic E-state index is 0.163. The number of amides is 2. The number of aliphatic hydroxyl groups excluding tert-OH is 1. The van der Waals surface area contributed by atoms with Gasteiger partial charge in [0.1, 0.15) is 6.23 Å². The zero-order valence-corrected chi connectivity index (χ0v) is 19.1. The average Bonchev–Trinajstić information content (AvgIpc) is 2.74. The lowest BCUT2D eigenvalue weighted by atomic mass is 9.84. The first-order chi connectivity index (χ1) is 15.2. The number of rotatable bonds is 6. The molecule has 3 rings (SSSR count). The quantitative estimate of drug-likeness (QED) is 0.727. The molecule has 0 saturated carbocycles. The van der Waals surface area contributed by atoms with Crippen molar-refractivity contribution in [3.8, 4) is 6.07 Å². The van der Waals surface area contributed by atoms with Crippen molar-refractivity contribution in [3.63, 3.8) is 0 Å². The van der Waals surface area contributed by atoms with E-state index in [0.717, 1.165) is 23.2 Å². The summed E-state index contributed by atoms with van der Waals surface area (Å²) >= 11 is 0. The van der Waals surface area contributed by atoms with Crippen LogP contribution in [0.4, 0.5) is 5.69 Å². The van der Waals surface area contributed by atoms with E-state index in [2.05, 4.69) is 11.4 Å². The van der Waals surface area contributed by atoms with Crippen LogP contribution in [0.5, 0.6) is 0 Å². The maximum atomic E-state index is 12.6. The van der Waals surface area contributed by atoms with Gasteiger partial charge in [-0.25, -0.2) is 0 Å². The summed E-state index contributed by atoms with van der Waals surface area (Å²) in [5.74, 6) is -0.676. The molecule has 0 bridgehead atoms. The van der Waals surface area contributed by atoms with Gasteiger partial charge in [-0.3, -0.25) is 14.5 Å². The Morgan fingerprint density at radius 3 is 2.66 bits per heavy atom. The van der Waals surface area contributed by atoms with E-state index in [9.17, 15) is 20.0 Å². The summed E-state index contributed by atoms with van der Waals surface area (Å²) in [5.41, 5.74) is 4.58. The molecule has 0 fully saturated rings. The second-order valence-electron chi connectivity index (χ2n) is 8.63. The van der Waals surface area contributed by atoms with E-state index in [1.54, 1.807) is 18.2 Å². The van der Waals surface area contributed by atoms with Crippen molar-refractivity contribution >= 4 is 17.5 Å². The Balaban J connectivity index is 1.89. The molecule has 7 nitrogen and oxygen atoms in total. The summed E-state index contributed by atoms with van der Waals surface area (Å²) < 4.78 is 0. The predicted octanol–water partition coefficient (Wildman–Crippen LogP) is 2.24. The maximum Gasteiger partial charge on any atom is 0.251 e. The topological polar surface area (TPSA) is 96.7 Å². The molecule has 1 heterocycles. The van der Waals surface area contributed by atoms with E-state index < -0.39 is 6.23 Å². The summed E-state index contributed by atoms with van der Waals surface area (Å²) in [4.78, 5) is 28.4. The summed E-state index contributed by atoms with van der Waals surface area (Å²) in [6.07, 6.45) is 0.0604. The number of nitrogens with one attached hydrogen (secondary N) is 1. The minimum atomic E-state index is -0.982. The Morgan fingerprint density at radius 1 is 1.25 bits per heavy atom. The molecule has 2 N–H and O–H groups in total. The Hall–Kier alpha value is -3.21. The zero-order chi connectivity index (χ0) is 23.4. The van der Waals surface area contributed by atoms with Gasteiger partial charge in [0, 0.05) is 37.2 Å². The summed E-state index contributed by atoms with van der Waals surface area (Å²) in [5, 5.41) is 23.2. The fourth-order valence-corrected chi connectivity index (χ4v) is 4.14. The van der Waals surface area contributed by atoms with Crippen molar-refractivity contribution in [1.29, 1.82) is 5.26 Å². The van der Waals surface area contributed by atoms with Crippen molar-refractivity contribution in [2.45, 2.75) is 32.9 Å². The summed E-state index contributed by atoms with van der Waals surface area (Å²) in [7, 11) is 3.89. The van der Waals surface area contributed by atoms with Gasteiger partial charge >= 0.3 is 0 Å². The van der Waals surface area contributed by atoms with Gasteiger partial charge in [0.05, 0.1) is 11.6 Å². The number of carbonyl (C=O) groups excluding carboxylic acids is 2. The molecule has 2 aromatic carbocycles. The molecule has 1 aliphatic rings. The van der Waals surface area contributed by atoms with Gasteiger partial charge in [0.15, 0.2) is 0 Å². The van der Waals surface area contributed by atoms with Gasteiger partial charge < -0.3 is 15.3 Å². The molecule has 7 heteroatoms. The summed E-state index contributed by atoms with van der Waals surface area (Å²) in [6.45, 7) is 4.68. The third-order valence-electron chi connectivity index (χ3n) is 5.91. The molecule has 0 aliphatic carbocycles. The van der Waals surface area contributed by atoms with Crippen LogP contribution in [0.3, 0.4) is 0 Å². The van der Waals surface area contributed by atoms with Gasteiger partial charge in [0.2, 0.25) is 5.91 Å². The number of nitrogens with zero attached hydrogens (tertiary/aromatic N) is 3. The van der Waals surface area contributed by atoms with E-state index in [-0.39, 0.29) is 17.7 Å². The number of benzene rings is 2. The first kappa shape index (κ1) is 23.5. The Bertz CT molecular complexity index is 1060. The highest BCUT2D eigenvalue weighted by Gasteiger charge is 2.35. The smallest absolute Gasteiger partial charge is 0.251 e. The highest BCUT2D eigenvalue weighted by molar-refractivity contribution is 5.97. The highest BCUT2D eigenvalue weighted by atomic mass is 16.3. The van der Waals surface area contributed by atoms with Crippen molar-refractivity contribution in [2.75, 3.05) is 32.1 Å². The number of hydrogen-bond donors (Lipinski definition) is 2. The fourth-order valence-electron chi connectivity index (χ4n) is 4.14. The number of carbonyl (C=O) groups is 2. The van der Waals surface area contributed by atoms with E-state index >= 15 is 0 Å². The third-order valence-corrected chi connectivity index (χ3v) is 5.91. The first-order valence-electron chi connectivity index (χ1n) is 10.7. The van der Waals surface area contributed by atoms with Gasteiger partial charge in [0.25, 0.3) is 5.91 Å². The largest absolute Gasteiger partial charge is 0.373 e. The van der Waals surface area contributed by atoms with Gasteiger partial charge in [-0.2, -0.15) is 5.26 Å². The lowest BCUT2D eigenvalue weighted by molar-refractivity contribution is -0.119. The van der Waals surface area contributed by atoms with Crippen molar-refractivity contribution in [3.05, 3.63) is 64.2 Å². The molecular formula is C25H30N4O3. The highest BCUT2D eigenvalue weighted by Crippen LogP contribution is 2.36. The lowest BCUT2D eigenvalue weighted by Crippen LogP contribution is -2.48.